The molecule has 0 atom stereocenters. The van der Waals surface area contributed by atoms with Crippen molar-refractivity contribution in [1.29, 1.82) is 0 Å². The second-order valence-electron chi connectivity index (χ2n) is 3.77. The fourth-order valence-corrected chi connectivity index (χ4v) is 2.64. The fourth-order valence-electron chi connectivity index (χ4n) is 1.55. The SMILES string of the molecule is CN(c1cccc(CN)c1)S(=O)(=O)c1ccn[nH]1. The standard InChI is InChI=1S/C11H14N4O2S/c1-15(10-4-2-3-9(7-10)8-12)18(16,17)11-5-6-13-14-11/h2-7H,8,12H2,1H3,(H,13,14). The first-order chi connectivity index (χ1) is 8.55. The van der Waals surface area contributed by atoms with Crippen LogP contribution >= 0.6 is 0 Å². The number of H-pyrrole nitrogens is 1. The van der Waals surface area contributed by atoms with Gasteiger partial charge in [0.25, 0.3) is 10.0 Å². The van der Waals surface area contributed by atoms with E-state index >= 15 is 0 Å². The number of nitrogens with one attached hydrogen (secondary N) is 1. The second-order valence-corrected chi connectivity index (χ2v) is 5.71. The van der Waals surface area contributed by atoms with Gasteiger partial charge in [-0.25, -0.2) is 0 Å². The fraction of sp³-hybridized carbons (Fsp3) is 0.182. The number of nitrogens with zero attached hydrogens (tertiary/aromatic N) is 2. The summed E-state index contributed by atoms with van der Waals surface area (Å²) in [6.45, 7) is 0.367. The molecule has 0 fully saturated rings. The van der Waals surface area contributed by atoms with Crippen molar-refractivity contribution in [2.24, 2.45) is 5.73 Å². The first-order valence-electron chi connectivity index (χ1n) is 5.33. The van der Waals surface area contributed by atoms with E-state index in [1.807, 2.05) is 6.07 Å². The van der Waals surface area contributed by atoms with Crippen molar-refractivity contribution in [2.75, 3.05) is 11.4 Å². The summed E-state index contributed by atoms with van der Waals surface area (Å²) in [6.07, 6.45) is 1.40. The average Bonchev–Trinajstić information content (AvgIpc) is 2.92. The van der Waals surface area contributed by atoms with E-state index in [0.717, 1.165) is 5.56 Å². The van der Waals surface area contributed by atoms with Crippen molar-refractivity contribution >= 4 is 15.7 Å². The van der Waals surface area contributed by atoms with Crippen molar-refractivity contribution in [3.05, 3.63) is 42.1 Å². The van der Waals surface area contributed by atoms with Crippen LogP contribution in [0, 0.1) is 0 Å². The van der Waals surface area contributed by atoms with Gasteiger partial charge in [0.05, 0.1) is 11.9 Å². The highest BCUT2D eigenvalue weighted by atomic mass is 32.2. The van der Waals surface area contributed by atoms with Gasteiger partial charge in [-0.2, -0.15) is 13.5 Å². The highest BCUT2D eigenvalue weighted by Gasteiger charge is 2.22. The molecule has 0 spiro atoms. The molecule has 3 N–H and O–H groups in total. The number of rotatable bonds is 4. The van der Waals surface area contributed by atoms with Crippen LogP contribution in [0.15, 0.2) is 41.6 Å². The average molecular weight is 266 g/mol. The molecule has 0 aliphatic rings. The van der Waals surface area contributed by atoms with Crippen molar-refractivity contribution in [1.82, 2.24) is 10.2 Å². The number of nitrogens with two attached hydrogens (primary N) is 1. The van der Waals surface area contributed by atoms with Crippen LogP contribution in [0.1, 0.15) is 5.56 Å². The Bertz CT molecular complexity index is 622. The van der Waals surface area contributed by atoms with Gasteiger partial charge >= 0.3 is 0 Å². The Morgan fingerprint density at radius 3 is 2.78 bits per heavy atom. The molecule has 0 aliphatic heterocycles. The number of benzene rings is 1. The maximum atomic E-state index is 12.2. The van der Waals surface area contributed by atoms with E-state index < -0.39 is 10.0 Å². The Balaban J connectivity index is 2.39. The number of aromatic nitrogens is 2. The monoisotopic (exact) mass is 266 g/mol. The molecular weight excluding hydrogens is 252 g/mol. The summed E-state index contributed by atoms with van der Waals surface area (Å²) in [7, 11) is -2.11. The summed E-state index contributed by atoms with van der Waals surface area (Å²) in [5.74, 6) is 0. The van der Waals surface area contributed by atoms with Gasteiger partial charge in [-0.15, -0.1) is 0 Å². The van der Waals surface area contributed by atoms with Gasteiger partial charge < -0.3 is 5.73 Å². The summed E-state index contributed by atoms with van der Waals surface area (Å²) in [5, 5.41) is 6.16. The van der Waals surface area contributed by atoms with Gasteiger partial charge in [-0.1, -0.05) is 12.1 Å². The van der Waals surface area contributed by atoms with Crippen molar-refractivity contribution in [3.63, 3.8) is 0 Å². The van der Waals surface area contributed by atoms with Crippen molar-refractivity contribution in [2.45, 2.75) is 11.6 Å². The molecule has 0 saturated heterocycles. The smallest absolute Gasteiger partial charge is 0.281 e. The highest BCUT2D eigenvalue weighted by Crippen LogP contribution is 2.21. The second kappa shape index (κ2) is 4.79. The Labute approximate surface area is 105 Å². The van der Waals surface area contributed by atoms with E-state index in [1.54, 1.807) is 18.2 Å². The molecule has 7 heteroatoms. The lowest BCUT2D eigenvalue weighted by atomic mass is 10.2. The van der Waals surface area contributed by atoms with E-state index in [2.05, 4.69) is 10.2 Å². The van der Waals surface area contributed by atoms with Gasteiger partial charge in [0.1, 0.15) is 0 Å². The summed E-state index contributed by atoms with van der Waals surface area (Å²) in [6, 6.07) is 8.50. The molecular formula is C11H14N4O2S. The molecule has 0 aliphatic carbocycles. The topological polar surface area (TPSA) is 92.1 Å². The quantitative estimate of drug-likeness (QED) is 0.851. The Morgan fingerprint density at radius 2 is 2.17 bits per heavy atom. The third kappa shape index (κ3) is 2.22. The van der Waals surface area contributed by atoms with Crippen molar-refractivity contribution in [3.8, 4) is 0 Å². The van der Waals surface area contributed by atoms with E-state index in [0.29, 0.717) is 12.2 Å². The van der Waals surface area contributed by atoms with Crippen molar-refractivity contribution < 1.29 is 8.42 Å². The number of hydrogen-bond acceptors (Lipinski definition) is 4. The molecule has 96 valence electrons. The highest BCUT2D eigenvalue weighted by molar-refractivity contribution is 7.92. The van der Waals surface area contributed by atoms with E-state index in [-0.39, 0.29) is 5.03 Å². The molecule has 0 saturated carbocycles. The Kier molecular flexibility index (Phi) is 3.35. The zero-order valence-electron chi connectivity index (χ0n) is 9.87. The molecule has 1 heterocycles. The lowest BCUT2D eigenvalue weighted by Gasteiger charge is -2.18. The Hall–Kier alpha value is -1.86. The normalized spacial score (nSPS) is 11.4. The molecule has 0 radical (unpaired) electrons. The third-order valence-electron chi connectivity index (χ3n) is 2.62. The largest absolute Gasteiger partial charge is 0.326 e. The number of aromatic amines is 1. The van der Waals surface area contributed by atoms with E-state index in [1.165, 1.54) is 23.6 Å². The minimum atomic E-state index is -3.60. The minimum absolute atomic E-state index is 0.0585. The molecule has 6 nitrogen and oxygen atoms in total. The zero-order valence-corrected chi connectivity index (χ0v) is 10.7. The Morgan fingerprint density at radius 1 is 1.39 bits per heavy atom. The lowest BCUT2D eigenvalue weighted by molar-refractivity contribution is 0.590. The molecule has 0 unspecified atom stereocenters. The van der Waals surface area contributed by atoms with Gasteiger partial charge in [0.2, 0.25) is 0 Å². The van der Waals surface area contributed by atoms with Crippen LogP contribution in [0.4, 0.5) is 5.69 Å². The molecule has 1 aromatic heterocycles. The van der Waals surface area contributed by atoms with Crippen LogP contribution in [0.3, 0.4) is 0 Å². The summed E-state index contributed by atoms with van der Waals surface area (Å²) in [5.41, 5.74) is 6.98. The lowest BCUT2D eigenvalue weighted by Crippen LogP contribution is -2.27. The van der Waals surface area contributed by atoms with E-state index in [4.69, 9.17) is 5.73 Å². The maximum absolute atomic E-state index is 12.2. The maximum Gasteiger partial charge on any atom is 0.281 e. The van der Waals surface area contributed by atoms with Gasteiger partial charge in [0, 0.05) is 13.6 Å². The predicted octanol–water partition coefficient (Wildman–Crippen LogP) is 0.694. The van der Waals surface area contributed by atoms with Crippen LogP contribution in [-0.4, -0.2) is 25.7 Å². The van der Waals surface area contributed by atoms with Crippen LogP contribution in [0.2, 0.25) is 0 Å². The molecule has 0 amide bonds. The van der Waals surface area contributed by atoms with Crippen LogP contribution in [-0.2, 0) is 16.6 Å². The molecule has 18 heavy (non-hydrogen) atoms. The third-order valence-corrected chi connectivity index (χ3v) is 4.34. The minimum Gasteiger partial charge on any atom is -0.326 e. The van der Waals surface area contributed by atoms with Crippen LogP contribution in [0.25, 0.3) is 0 Å². The predicted molar refractivity (Wildman–Crippen MR) is 68.5 cm³/mol. The zero-order chi connectivity index (χ0) is 13.2. The molecule has 2 rings (SSSR count). The first-order valence-corrected chi connectivity index (χ1v) is 6.77. The molecule has 2 aromatic rings. The van der Waals surface area contributed by atoms with E-state index in [9.17, 15) is 8.42 Å². The first kappa shape index (κ1) is 12.6. The summed E-state index contributed by atoms with van der Waals surface area (Å²) < 4.78 is 25.6. The van der Waals surface area contributed by atoms with Gasteiger partial charge in [-0.05, 0) is 23.8 Å². The van der Waals surface area contributed by atoms with Gasteiger partial charge in [0.15, 0.2) is 5.03 Å². The summed E-state index contributed by atoms with van der Waals surface area (Å²) >= 11 is 0. The molecule has 0 bridgehead atoms. The van der Waals surface area contributed by atoms with Crippen LogP contribution in [0.5, 0.6) is 0 Å². The van der Waals surface area contributed by atoms with Crippen LogP contribution < -0.4 is 10.0 Å². The van der Waals surface area contributed by atoms with Gasteiger partial charge in [-0.3, -0.25) is 9.40 Å². The number of sulfonamides is 1. The number of hydrogen-bond donors (Lipinski definition) is 2. The number of anilines is 1. The molecule has 1 aromatic carbocycles. The summed E-state index contributed by atoms with van der Waals surface area (Å²) in [4.78, 5) is 0.